The standard InChI is InChI=1S/C21H29N3O4/c1-4-17(5-2)23(13-15-27-3)21(26)19-11-12-20(25)24(22-19)14-16-28-18-9-7-6-8-10-18/h6-12,17H,4-5,13-16H2,1-3H3. The molecule has 0 aliphatic carbocycles. The summed E-state index contributed by atoms with van der Waals surface area (Å²) in [7, 11) is 1.61. The van der Waals surface area contributed by atoms with Gasteiger partial charge in [0, 0.05) is 25.8 Å². The van der Waals surface area contributed by atoms with Gasteiger partial charge in [-0.25, -0.2) is 4.68 Å². The van der Waals surface area contributed by atoms with E-state index < -0.39 is 0 Å². The molecular formula is C21H29N3O4. The van der Waals surface area contributed by atoms with Crippen LogP contribution < -0.4 is 10.3 Å². The Morgan fingerprint density at radius 2 is 1.82 bits per heavy atom. The number of para-hydroxylation sites is 1. The number of carbonyl (C=O) groups is 1. The van der Waals surface area contributed by atoms with Gasteiger partial charge < -0.3 is 14.4 Å². The molecule has 1 amide bonds. The molecule has 0 radical (unpaired) electrons. The van der Waals surface area contributed by atoms with E-state index in [0.717, 1.165) is 18.6 Å². The average molecular weight is 387 g/mol. The molecule has 2 aromatic rings. The first kappa shape index (κ1) is 21.6. The van der Waals surface area contributed by atoms with Gasteiger partial charge in [-0.2, -0.15) is 5.10 Å². The number of methoxy groups -OCH3 is 1. The molecule has 0 atom stereocenters. The van der Waals surface area contributed by atoms with Crippen molar-refractivity contribution in [2.24, 2.45) is 0 Å². The van der Waals surface area contributed by atoms with Crippen LogP contribution in [0, 0.1) is 0 Å². The van der Waals surface area contributed by atoms with Crippen LogP contribution in [0.4, 0.5) is 0 Å². The van der Waals surface area contributed by atoms with Gasteiger partial charge in [-0.3, -0.25) is 9.59 Å². The van der Waals surface area contributed by atoms with Gasteiger partial charge in [0.15, 0.2) is 0 Å². The molecule has 0 fully saturated rings. The lowest BCUT2D eigenvalue weighted by Crippen LogP contribution is -2.43. The van der Waals surface area contributed by atoms with E-state index in [1.54, 1.807) is 12.0 Å². The summed E-state index contributed by atoms with van der Waals surface area (Å²) in [6.45, 7) is 5.59. The van der Waals surface area contributed by atoms with E-state index in [1.165, 1.54) is 16.8 Å². The maximum atomic E-state index is 13.0. The van der Waals surface area contributed by atoms with Crippen LogP contribution >= 0.6 is 0 Å². The largest absolute Gasteiger partial charge is 0.492 e. The van der Waals surface area contributed by atoms with Crippen molar-refractivity contribution >= 4 is 5.91 Å². The minimum absolute atomic E-state index is 0.103. The predicted molar refractivity (Wildman–Crippen MR) is 108 cm³/mol. The molecule has 0 aliphatic rings. The van der Waals surface area contributed by atoms with Crippen LogP contribution in [-0.2, 0) is 11.3 Å². The van der Waals surface area contributed by atoms with Gasteiger partial charge in [0.1, 0.15) is 18.1 Å². The summed E-state index contributed by atoms with van der Waals surface area (Å²) in [5, 5.41) is 4.28. The summed E-state index contributed by atoms with van der Waals surface area (Å²) in [6, 6.07) is 12.3. The number of nitrogens with zero attached hydrogens (tertiary/aromatic N) is 3. The highest BCUT2D eigenvalue weighted by molar-refractivity contribution is 5.92. The van der Waals surface area contributed by atoms with E-state index in [0.29, 0.717) is 13.2 Å². The number of benzene rings is 1. The van der Waals surface area contributed by atoms with Crippen LogP contribution in [0.5, 0.6) is 5.75 Å². The van der Waals surface area contributed by atoms with E-state index in [4.69, 9.17) is 9.47 Å². The van der Waals surface area contributed by atoms with Crippen molar-refractivity contribution in [2.45, 2.75) is 39.3 Å². The molecule has 7 nitrogen and oxygen atoms in total. The molecule has 0 spiro atoms. The highest BCUT2D eigenvalue weighted by Gasteiger charge is 2.23. The number of carbonyl (C=O) groups excluding carboxylic acids is 1. The fourth-order valence-corrected chi connectivity index (χ4v) is 3.01. The van der Waals surface area contributed by atoms with Crippen molar-refractivity contribution < 1.29 is 14.3 Å². The van der Waals surface area contributed by atoms with Gasteiger partial charge in [0.05, 0.1) is 13.2 Å². The first-order chi connectivity index (χ1) is 13.6. The second-order valence-corrected chi connectivity index (χ2v) is 6.40. The maximum absolute atomic E-state index is 13.0. The van der Waals surface area contributed by atoms with E-state index >= 15 is 0 Å². The lowest BCUT2D eigenvalue weighted by molar-refractivity contribution is 0.0580. The number of aromatic nitrogens is 2. The third-order valence-electron chi connectivity index (χ3n) is 4.58. The minimum Gasteiger partial charge on any atom is -0.492 e. The molecule has 0 N–H and O–H groups in total. The van der Waals surface area contributed by atoms with Crippen LogP contribution in [0.15, 0.2) is 47.3 Å². The maximum Gasteiger partial charge on any atom is 0.274 e. The summed E-state index contributed by atoms with van der Waals surface area (Å²) in [4.78, 5) is 26.9. The number of rotatable bonds is 11. The molecule has 28 heavy (non-hydrogen) atoms. The molecule has 1 aromatic heterocycles. The Hall–Kier alpha value is -2.67. The minimum atomic E-state index is -0.265. The van der Waals surface area contributed by atoms with Crippen molar-refractivity contribution in [3.05, 3.63) is 58.5 Å². The third kappa shape index (κ3) is 5.92. The van der Waals surface area contributed by atoms with Crippen molar-refractivity contribution in [1.29, 1.82) is 0 Å². The zero-order chi connectivity index (χ0) is 20.4. The van der Waals surface area contributed by atoms with E-state index in [-0.39, 0.29) is 36.4 Å². The summed E-state index contributed by atoms with van der Waals surface area (Å²) in [5.41, 5.74) is -0.0125. The number of ether oxygens (including phenoxy) is 2. The highest BCUT2D eigenvalue weighted by atomic mass is 16.5. The second-order valence-electron chi connectivity index (χ2n) is 6.40. The highest BCUT2D eigenvalue weighted by Crippen LogP contribution is 2.12. The quantitative estimate of drug-likeness (QED) is 0.593. The van der Waals surface area contributed by atoms with Gasteiger partial charge in [0.2, 0.25) is 0 Å². The molecule has 152 valence electrons. The van der Waals surface area contributed by atoms with Crippen LogP contribution in [0.2, 0.25) is 0 Å². The van der Waals surface area contributed by atoms with Crippen LogP contribution in [0.3, 0.4) is 0 Å². The topological polar surface area (TPSA) is 73.7 Å². The van der Waals surface area contributed by atoms with E-state index in [9.17, 15) is 9.59 Å². The van der Waals surface area contributed by atoms with E-state index in [2.05, 4.69) is 18.9 Å². The van der Waals surface area contributed by atoms with Crippen molar-refractivity contribution in [3.63, 3.8) is 0 Å². The SMILES string of the molecule is CCC(CC)N(CCOC)C(=O)c1ccc(=O)n(CCOc2ccccc2)n1. The Morgan fingerprint density at radius 3 is 2.46 bits per heavy atom. The van der Waals surface area contributed by atoms with Gasteiger partial charge in [-0.05, 0) is 31.0 Å². The molecule has 0 saturated heterocycles. The van der Waals surface area contributed by atoms with Crippen molar-refractivity contribution in [1.82, 2.24) is 14.7 Å². The Bertz CT molecular complexity index is 788. The number of hydrogen-bond donors (Lipinski definition) is 0. The monoisotopic (exact) mass is 387 g/mol. The second kappa shape index (κ2) is 11.2. The molecule has 0 saturated carbocycles. The zero-order valence-corrected chi connectivity index (χ0v) is 16.8. The fourth-order valence-electron chi connectivity index (χ4n) is 3.01. The first-order valence-electron chi connectivity index (χ1n) is 9.66. The Kier molecular flexibility index (Phi) is 8.68. The Labute approximate surface area is 165 Å². The molecule has 2 rings (SSSR count). The molecule has 1 heterocycles. The Balaban J connectivity index is 2.12. The third-order valence-corrected chi connectivity index (χ3v) is 4.58. The molecule has 0 unspecified atom stereocenters. The fraction of sp³-hybridized carbons (Fsp3) is 0.476. The average Bonchev–Trinajstić information content (AvgIpc) is 2.73. The Morgan fingerprint density at radius 1 is 1.11 bits per heavy atom. The summed E-state index contributed by atoms with van der Waals surface area (Å²) in [6.07, 6.45) is 1.69. The molecule has 0 aliphatic heterocycles. The van der Waals surface area contributed by atoms with Gasteiger partial charge >= 0.3 is 0 Å². The first-order valence-corrected chi connectivity index (χ1v) is 9.66. The summed E-state index contributed by atoms with van der Waals surface area (Å²) in [5.74, 6) is 0.533. The lowest BCUT2D eigenvalue weighted by Gasteiger charge is -2.30. The molecule has 0 bridgehead atoms. The van der Waals surface area contributed by atoms with Crippen molar-refractivity contribution in [2.75, 3.05) is 26.9 Å². The normalized spacial score (nSPS) is 10.9. The van der Waals surface area contributed by atoms with Crippen LogP contribution in [0.25, 0.3) is 0 Å². The zero-order valence-electron chi connectivity index (χ0n) is 16.8. The summed E-state index contributed by atoms with van der Waals surface area (Å²) >= 11 is 0. The number of amides is 1. The van der Waals surface area contributed by atoms with E-state index in [1.807, 2.05) is 30.3 Å². The van der Waals surface area contributed by atoms with Crippen LogP contribution in [0.1, 0.15) is 37.2 Å². The summed E-state index contributed by atoms with van der Waals surface area (Å²) < 4.78 is 12.1. The lowest BCUT2D eigenvalue weighted by atomic mass is 10.1. The molecule has 7 heteroatoms. The smallest absolute Gasteiger partial charge is 0.274 e. The van der Waals surface area contributed by atoms with Crippen molar-refractivity contribution in [3.8, 4) is 5.75 Å². The van der Waals surface area contributed by atoms with Gasteiger partial charge in [0.25, 0.3) is 11.5 Å². The predicted octanol–water partition coefficient (Wildman–Crippen LogP) is 2.60. The van der Waals surface area contributed by atoms with Gasteiger partial charge in [-0.15, -0.1) is 0 Å². The number of hydrogen-bond acceptors (Lipinski definition) is 5. The molecule has 1 aromatic carbocycles. The molecular weight excluding hydrogens is 358 g/mol. The van der Waals surface area contributed by atoms with Gasteiger partial charge in [-0.1, -0.05) is 32.0 Å². The van der Waals surface area contributed by atoms with Crippen LogP contribution in [-0.4, -0.2) is 53.5 Å².